The van der Waals surface area contributed by atoms with Gasteiger partial charge in [-0.15, -0.1) is 0 Å². The Morgan fingerprint density at radius 1 is 1.22 bits per heavy atom. The highest BCUT2D eigenvalue weighted by molar-refractivity contribution is 5.94. The van der Waals surface area contributed by atoms with Gasteiger partial charge in [0.1, 0.15) is 6.10 Å². The summed E-state index contributed by atoms with van der Waals surface area (Å²) in [5, 5.41) is 0. The van der Waals surface area contributed by atoms with Crippen LogP contribution in [-0.2, 0) is 14.3 Å². The number of fused-ring (bicyclic) bond motifs is 6. The topological polar surface area (TPSA) is 38.8 Å². The van der Waals surface area contributed by atoms with Crippen molar-refractivity contribution in [1.82, 2.24) is 0 Å². The molecule has 6 fully saturated rings. The first-order valence-corrected chi connectivity index (χ1v) is 9.70. The molecule has 0 aromatic rings. The number of ether oxygens (including phenoxy) is 2. The Balaban J connectivity index is 1.45. The first-order chi connectivity index (χ1) is 11.0. The molecule has 0 amide bonds. The standard InChI is InChI=1S/C20H28O3/c1-18-6-5-12-11(14(18)15-16(23-15)17(18)21)8-13(22-3)20-9-10(20)4-7-19(12,20)2/h10-16H,4-9H2,1-3H3/t10-,11-,12+,13-,14-,15+,16+,18+,19-,20+/m1/s1. The fourth-order valence-corrected chi connectivity index (χ4v) is 8.66. The molecule has 1 spiro atoms. The van der Waals surface area contributed by atoms with E-state index >= 15 is 0 Å². The molecule has 0 bridgehead atoms. The second kappa shape index (κ2) is 3.72. The van der Waals surface area contributed by atoms with Crippen molar-refractivity contribution in [2.45, 2.75) is 70.7 Å². The van der Waals surface area contributed by atoms with Gasteiger partial charge < -0.3 is 9.47 Å². The molecule has 1 heterocycles. The zero-order valence-electron chi connectivity index (χ0n) is 14.5. The van der Waals surface area contributed by atoms with Crippen LogP contribution >= 0.6 is 0 Å². The van der Waals surface area contributed by atoms with Gasteiger partial charge in [0.25, 0.3) is 0 Å². The summed E-state index contributed by atoms with van der Waals surface area (Å²) in [7, 11) is 1.92. The Morgan fingerprint density at radius 2 is 2.04 bits per heavy atom. The highest BCUT2D eigenvalue weighted by Crippen LogP contribution is 2.82. The lowest BCUT2D eigenvalue weighted by atomic mass is 9.46. The number of methoxy groups -OCH3 is 1. The molecule has 6 aliphatic rings. The van der Waals surface area contributed by atoms with Crippen LogP contribution in [0, 0.1) is 39.9 Å². The summed E-state index contributed by atoms with van der Waals surface area (Å²) >= 11 is 0. The van der Waals surface area contributed by atoms with Gasteiger partial charge in [0.05, 0.1) is 12.2 Å². The third-order valence-electron chi connectivity index (χ3n) is 9.78. The average molecular weight is 316 g/mol. The molecule has 5 aliphatic carbocycles. The molecular weight excluding hydrogens is 288 g/mol. The number of carbonyl (C=O) groups is 1. The highest BCUT2D eigenvalue weighted by atomic mass is 16.6. The number of hydrogen-bond acceptors (Lipinski definition) is 3. The van der Waals surface area contributed by atoms with Gasteiger partial charge in [-0.3, -0.25) is 4.79 Å². The van der Waals surface area contributed by atoms with Crippen LogP contribution in [0.2, 0.25) is 0 Å². The Kier molecular flexibility index (Phi) is 2.24. The fourth-order valence-electron chi connectivity index (χ4n) is 8.66. The van der Waals surface area contributed by atoms with Gasteiger partial charge in [-0.2, -0.15) is 0 Å². The Labute approximate surface area is 138 Å². The SMILES string of the molecule is CO[C@@H]1C[C@H]2[C@@H]3[C@@H]4O[C@@H]4C(=O)[C@@]3(C)CC[C@@H]2[C@@]2(C)CC[C@@H]3C[C@]312. The van der Waals surface area contributed by atoms with Crippen LogP contribution in [0.3, 0.4) is 0 Å². The van der Waals surface area contributed by atoms with Gasteiger partial charge >= 0.3 is 0 Å². The number of Topliss-reactive ketones (excluding diaryl/α,β-unsaturated/α-hetero) is 1. The molecule has 10 atom stereocenters. The molecule has 1 saturated heterocycles. The van der Waals surface area contributed by atoms with Crippen molar-refractivity contribution in [3.05, 3.63) is 0 Å². The van der Waals surface area contributed by atoms with Crippen LogP contribution in [0.4, 0.5) is 0 Å². The predicted molar refractivity (Wildman–Crippen MR) is 84.8 cm³/mol. The first kappa shape index (κ1) is 13.8. The van der Waals surface area contributed by atoms with Crippen LogP contribution < -0.4 is 0 Å². The van der Waals surface area contributed by atoms with Gasteiger partial charge in [0.2, 0.25) is 0 Å². The maximum atomic E-state index is 12.8. The minimum atomic E-state index is -0.102. The lowest BCUT2D eigenvalue weighted by Gasteiger charge is -2.59. The van der Waals surface area contributed by atoms with E-state index in [0.717, 1.165) is 18.3 Å². The highest BCUT2D eigenvalue weighted by Gasteiger charge is 2.80. The molecule has 0 aromatic carbocycles. The zero-order chi connectivity index (χ0) is 15.8. The lowest BCUT2D eigenvalue weighted by molar-refractivity contribution is -0.169. The van der Waals surface area contributed by atoms with Crippen molar-refractivity contribution in [3.8, 4) is 0 Å². The van der Waals surface area contributed by atoms with Gasteiger partial charge in [-0.05, 0) is 61.7 Å². The van der Waals surface area contributed by atoms with Crippen LogP contribution in [0.1, 0.15) is 52.4 Å². The fraction of sp³-hybridized carbons (Fsp3) is 0.950. The monoisotopic (exact) mass is 316 g/mol. The second-order valence-corrected chi connectivity index (χ2v) is 10.00. The largest absolute Gasteiger partial charge is 0.381 e. The molecule has 0 unspecified atom stereocenters. The molecule has 3 heteroatoms. The average Bonchev–Trinajstić information content (AvgIpc) is 3.41. The summed E-state index contributed by atoms with van der Waals surface area (Å²) in [4.78, 5) is 12.8. The van der Waals surface area contributed by atoms with Crippen molar-refractivity contribution in [2.75, 3.05) is 7.11 Å². The normalized spacial score (nSPS) is 67.8. The van der Waals surface area contributed by atoms with Crippen LogP contribution in [0.5, 0.6) is 0 Å². The molecular formula is C20H28O3. The van der Waals surface area contributed by atoms with E-state index in [9.17, 15) is 4.79 Å². The number of epoxide rings is 1. The van der Waals surface area contributed by atoms with Gasteiger partial charge in [-0.25, -0.2) is 0 Å². The van der Waals surface area contributed by atoms with E-state index < -0.39 is 0 Å². The summed E-state index contributed by atoms with van der Waals surface area (Å²) < 4.78 is 11.9. The predicted octanol–water partition coefficient (Wildman–Crippen LogP) is 3.21. The minimum absolute atomic E-state index is 0.0503. The first-order valence-electron chi connectivity index (χ1n) is 9.70. The summed E-state index contributed by atoms with van der Waals surface area (Å²) in [6, 6.07) is 0. The van der Waals surface area contributed by atoms with Gasteiger partial charge in [-0.1, -0.05) is 13.8 Å². The Bertz CT molecular complexity index is 616. The summed E-state index contributed by atoms with van der Waals surface area (Å²) in [5.74, 6) is 3.22. The summed E-state index contributed by atoms with van der Waals surface area (Å²) in [6.45, 7) is 4.82. The third kappa shape index (κ3) is 1.24. The van der Waals surface area contributed by atoms with Crippen molar-refractivity contribution in [1.29, 1.82) is 0 Å². The molecule has 1 aliphatic heterocycles. The summed E-state index contributed by atoms with van der Waals surface area (Å²) in [6.07, 6.45) is 8.32. The van der Waals surface area contributed by atoms with E-state index in [4.69, 9.17) is 9.47 Å². The molecule has 0 N–H and O–H groups in total. The molecule has 3 nitrogen and oxygen atoms in total. The smallest absolute Gasteiger partial charge is 0.170 e. The van der Waals surface area contributed by atoms with Crippen molar-refractivity contribution in [3.63, 3.8) is 0 Å². The zero-order valence-corrected chi connectivity index (χ0v) is 14.5. The minimum Gasteiger partial charge on any atom is -0.381 e. The molecule has 6 rings (SSSR count). The lowest BCUT2D eigenvalue weighted by Crippen LogP contribution is -2.58. The molecule has 5 saturated carbocycles. The van der Waals surface area contributed by atoms with E-state index in [1.807, 2.05) is 7.11 Å². The van der Waals surface area contributed by atoms with E-state index in [-0.39, 0.29) is 17.6 Å². The Morgan fingerprint density at radius 3 is 2.78 bits per heavy atom. The maximum Gasteiger partial charge on any atom is 0.170 e. The van der Waals surface area contributed by atoms with Crippen LogP contribution in [0.25, 0.3) is 0 Å². The maximum absolute atomic E-state index is 12.8. The van der Waals surface area contributed by atoms with Gasteiger partial charge in [0.15, 0.2) is 5.78 Å². The molecule has 126 valence electrons. The number of carbonyl (C=O) groups excluding carboxylic acids is 1. The van der Waals surface area contributed by atoms with E-state index in [2.05, 4.69) is 13.8 Å². The van der Waals surface area contributed by atoms with Crippen molar-refractivity contribution >= 4 is 5.78 Å². The van der Waals surface area contributed by atoms with Crippen LogP contribution in [-0.4, -0.2) is 31.2 Å². The quantitative estimate of drug-likeness (QED) is 0.697. The molecule has 0 radical (unpaired) electrons. The van der Waals surface area contributed by atoms with E-state index in [1.165, 1.54) is 32.1 Å². The summed E-state index contributed by atoms with van der Waals surface area (Å²) in [5.41, 5.74) is 0.817. The number of hydrogen-bond donors (Lipinski definition) is 0. The van der Waals surface area contributed by atoms with E-state index in [0.29, 0.717) is 34.6 Å². The molecule has 0 aromatic heterocycles. The second-order valence-electron chi connectivity index (χ2n) is 10.00. The number of ketones is 1. The van der Waals surface area contributed by atoms with Gasteiger partial charge in [0, 0.05) is 23.9 Å². The van der Waals surface area contributed by atoms with Crippen molar-refractivity contribution < 1.29 is 14.3 Å². The Hall–Kier alpha value is -0.410. The number of rotatable bonds is 1. The van der Waals surface area contributed by atoms with E-state index in [1.54, 1.807) is 0 Å². The van der Waals surface area contributed by atoms with Crippen molar-refractivity contribution in [2.24, 2.45) is 39.9 Å². The molecule has 23 heavy (non-hydrogen) atoms. The van der Waals surface area contributed by atoms with Crippen LogP contribution in [0.15, 0.2) is 0 Å². The third-order valence-corrected chi connectivity index (χ3v) is 9.78.